The zero-order valence-corrected chi connectivity index (χ0v) is 12.9. The number of hydrogen-bond acceptors (Lipinski definition) is 5. The molecule has 1 aliphatic rings. The lowest BCUT2D eigenvalue weighted by Crippen LogP contribution is -2.37. The molecule has 0 unspecified atom stereocenters. The van der Waals surface area contributed by atoms with Crippen LogP contribution in [-0.2, 0) is 19.5 Å². The van der Waals surface area contributed by atoms with Gasteiger partial charge in [-0.05, 0) is 29.7 Å². The maximum absolute atomic E-state index is 12.1. The molecule has 0 spiro atoms. The lowest BCUT2D eigenvalue weighted by Gasteiger charge is -2.25. The van der Waals surface area contributed by atoms with E-state index in [0.29, 0.717) is 6.42 Å². The van der Waals surface area contributed by atoms with Gasteiger partial charge in [0.05, 0.1) is 11.4 Å². The Bertz CT molecular complexity index is 723. The van der Waals surface area contributed by atoms with Crippen LogP contribution in [-0.4, -0.2) is 45.0 Å². The minimum absolute atomic E-state index is 0.0327. The van der Waals surface area contributed by atoms with Gasteiger partial charge in [0, 0.05) is 12.8 Å². The highest BCUT2D eigenvalue weighted by molar-refractivity contribution is 7.90. The molecular weight excluding hydrogens is 335 g/mol. The van der Waals surface area contributed by atoms with Crippen LogP contribution in [0.15, 0.2) is 35.2 Å². The molecule has 1 aromatic carbocycles. The first kappa shape index (κ1) is 17.5. The molecule has 2 rings (SSSR count). The van der Waals surface area contributed by atoms with Gasteiger partial charge in [0.1, 0.15) is 0 Å². The first-order valence-corrected chi connectivity index (χ1v) is 8.50. The first-order valence-electron chi connectivity index (χ1n) is 6.61. The fourth-order valence-electron chi connectivity index (χ4n) is 2.08. The summed E-state index contributed by atoms with van der Waals surface area (Å²) in [4.78, 5) is 15.2. The van der Waals surface area contributed by atoms with E-state index in [9.17, 15) is 26.4 Å². The summed E-state index contributed by atoms with van der Waals surface area (Å²) in [6.07, 6.45) is -1.90. The summed E-state index contributed by atoms with van der Waals surface area (Å²) in [7, 11) is -3.28. The van der Waals surface area contributed by atoms with Crippen molar-refractivity contribution in [1.82, 2.24) is 5.06 Å². The second kappa shape index (κ2) is 6.32. The molecule has 0 N–H and O–H groups in total. The summed E-state index contributed by atoms with van der Waals surface area (Å²) in [5, 5.41) is 0.935. The molecule has 23 heavy (non-hydrogen) atoms. The topological polar surface area (TPSA) is 63.7 Å². The van der Waals surface area contributed by atoms with Crippen LogP contribution in [0.2, 0.25) is 0 Å². The number of nitrogens with zero attached hydrogens (tertiary/aromatic N) is 1. The van der Waals surface area contributed by atoms with Gasteiger partial charge in [0.25, 0.3) is 0 Å². The lowest BCUT2D eigenvalue weighted by molar-refractivity contribution is -0.237. The molecule has 126 valence electrons. The number of carbonyl (C=O) groups is 1. The van der Waals surface area contributed by atoms with Gasteiger partial charge < -0.3 is 4.84 Å². The number of halogens is 3. The Kier molecular flexibility index (Phi) is 4.81. The van der Waals surface area contributed by atoms with Crippen LogP contribution in [0.4, 0.5) is 13.2 Å². The third-order valence-electron chi connectivity index (χ3n) is 3.27. The summed E-state index contributed by atoms with van der Waals surface area (Å²) in [5.41, 5.74) is 1.63. The number of hydrogen-bond donors (Lipinski definition) is 0. The standard InChI is InChI=1S/C14H14F3NO4S/c1-23(20,21)12-4-2-10(3-5-12)11-6-8-18(9-7-11)22-13(19)14(15,16)17/h2-6H,7-9H2,1H3. The van der Waals surface area contributed by atoms with E-state index in [1.165, 1.54) is 12.1 Å². The van der Waals surface area contributed by atoms with E-state index in [1.54, 1.807) is 18.2 Å². The zero-order valence-electron chi connectivity index (χ0n) is 12.1. The predicted molar refractivity (Wildman–Crippen MR) is 75.9 cm³/mol. The first-order chi connectivity index (χ1) is 10.6. The minimum atomic E-state index is -5.02. The van der Waals surface area contributed by atoms with Crippen LogP contribution in [0.1, 0.15) is 12.0 Å². The summed E-state index contributed by atoms with van der Waals surface area (Å²) < 4.78 is 59.1. The van der Waals surface area contributed by atoms with Gasteiger partial charge in [-0.1, -0.05) is 18.2 Å². The molecule has 0 bridgehead atoms. The highest BCUT2D eigenvalue weighted by Crippen LogP contribution is 2.25. The fourth-order valence-corrected chi connectivity index (χ4v) is 2.71. The summed E-state index contributed by atoms with van der Waals surface area (Å²) in [6.45, 7) is 0.159. The molecule has 0 radical (unpaired) electrons. The van der Waals surface area contributed by atoms with Crippen molar-refractivity contribution < 1.29 is 31.2 Å². The van der Waals surface area contributed by atoms with Crippen LogP contribution < -0.4 is 0 Å². The van der Waals surface area contributed by atoms with Gasteiger partial charge in [-0.25, -0.2) is 13.2 Å². The Labute approximate surface area is 131 Å². The zero-order chi connectivity index (χ0) is 17.3. The number of alkyl halides is 3. The number of carbonyl (C=O) groups excluding carboxylic acids is 1. The van der Waals surface area contributed by atoms with E-state index in [4.69, 9.17) is 0 Å². The third kappa shape index (κ3) is 4.55. The Balaban J connectivity index is 2.03. The van der Waals surface area contributed by atoms with E-state index in [1.807, 2.05) is 0 Å². The molecule has 0 amide bonds. The third-order valence-corrected chi connectivity index (χ3v) is 4.40. The van der Waals surface area contributed by atoms with E-state index in [-0.39, 0.29) is 18.0 Å². The second-order valence-electron chi connectivity index (χ2n) is 5.04. The van der Waals surface area contributed by atoms with Gasteiger partial charge in [0.15, 0.2) is 9.84 Å². The molecule has 1 aliphatic heterocycles. The van der Waals surface area contributed by atoms with Crippen molar-refractivity contribution in [2.45, 2.75) is 17.5 Å². The lowest BCUT2D eigenvalue weighted by atomic mass is 10.0. The Morgan fingerprint density at radius 1 is 1.22 bits per heavy atom. The van der Waals surface area contributed by atoms with Gasteiger partial charge >= 0.3 is 12.1 Å². The maximum atomic E-state index is 12.1. The van der Waals surface area contributed by atoms with Crippen LogP contribution in [0.5, 0.6) is 0 Å². The normalized spacial score (nSPS) is 16.8. The number of rotatable bonds is 3. The van der Waals surface area contributed by atoms with Crippen molar-refractivity contribution in [3.63, 3.8) is 0 Å². The van der Waals surface area contributed by atoms with Crippen molar-refractivity contribution in [2.24, 2.45) is 0 Å². The van der Waals surface area contributed by atoms with E-state index >= 15 is 0 Å². The predicted octanol–water partition coefficient (Wildman–Crippen LogP) is 2.20. The molecule has 0 fully saturated rings. The van der Waals surface area contributed by atoms with Crippen molar-refractivity contribution in [3.8, 4) is 0 Å². The number of hydroxylamine groups is 2. The van der Waals surface area contributed by atoms with Crippen molar-refractivity contribution in [1.29, 1.82) is 0 Å². The van der Waals surface area contributed by atoms with Crippen LogP contribution in [0.25, 0.3) is 5.57 Å². The SMILES string of the molecule is CS(=O)(=O)c1ccc(C2=CCN(OC(=O)C(F)(F)F)CC2)cc1. The average molecular weight is 349 g/mol. The molecule has 0 aromatic heterocycles. The van der Waals surface area contributed by atoms with Gasteiger partial charge in [-0.3, -0.25) is 0 Å². The van der Waals surface area contributed by atoms with E-state index < -0.39 is 22.0 Å². The molecule has 1 aromatic rings. The Morgan fingerprint density at radius 2 is 1.83 bits per heavy atom. The van der Waals surface area contributed by atoms with Gasteiger partial charge in [-0.2, -0.15) is 13.2 Å². The Morgan fingerprint density at radius 3 is 2.26 bits per heavy atom. The van der Waals surface area contributed by atoms with Gasteiger partial charge in [-0.15, -0.1) is 5.06 Å². The minimum Gasteiger partial charge on any atom is -0.360 e. The van der Waals surface area contributed by atoms with Crippen LogP contribution in [0, 0.1) is 0 Å². The average Bonchev–Trinajstić information content (AvgIpc) is 2.46. The number of sulfone groups is 1. The molecular formula is C14H14F3NO4S. The molecule has 1 heterocycles. The molecule has 0 saturated carbocycles. The summed E-state index contributed by atoms with van der Waals surface area (Å²) in [6, 6.07) is 6.22. The van der Waals surface area contributed by atoms with Crippen LogP contribution >= 0.6 is 0 Å². The van der Waals surface area contributed by atoms with E-state index in [2.05, 4.69) is 4.84 Å². The second-order valence-corrected chi connectivity index (χ2v) is 7.06. The molecule has 0 atom stereocenters. The van der Waals surface area contributed by atoms with Crippen molar-refractivity contribution >= 4 is 21.4 Å². The molecule has 0 saturated heterocycles. The van der Waals surface area contributed by atoms with Crippen molar-refractivity contribution in [3.05, 3.63) is 35.9 Å². The highest BCUT2D eigenvalue weighted by Gasteiger charge is 2.42. The smallest absolute Gasteiger partial charge is 0.360 e. The largest absolute Gasteiger partial charge is 0.492 e. The molecule has 9 heteroatoms. The monoisotopic (exact) mass is 349 g/mol. The summed E-state index contributed by atoms with van der Waals surface area (Å²) >= 11 is 0. The maximum Gasteiger partial charge on any atom is 0.492 e. The Hall–Kier alpha value is -1.87. The fraction of sp³-hybridized carbons (Fsp3) is 0.357. The molecule has 5 nitrogen and oxygen atoms in total. The van der Waals surface area contributed by atoms with Gasteiger partial charge in [0.2, 0.25) is 0 Å². The summed E-state index contributed by atoms with van der Waals surface area (Å²) in [5.74, 6) is -2.24. The van der Waals surface area contributed by atoms with Crippen molar-refractivity contribution in [2.75, 3.05) is 19.3 Å². The van der Waals surface area contributed by atoms with Crippen LogP contribution in [0.3, 0.4) is 0 Å². The highest BCUT2D eigenvalue weighted by atomic mass is 32.2. The molecule has 0 aliphatic carbocycles. The van der Waals surface area contributed by atoms with E-state index in [0.717, 1.165) is 22.5 Å². The number of benzene rings is 1. The quantitative estimate of drug-likeness (QED) is 0.837.